The molecule has 1 aliphatic rings. The molecule has 0 radical (unpaired) electrons. The molecule has 0 bridgehead atoms. The zero-order valence-corrected chi connectivity index (χ0v) is 8.18. The van der Waals surface area contributed by atoms with Gasteiger partial charge in [0.05, 0.1) is 6.61 Å². The molecule has 1 saturated heterocycles. The Kier molecular flexibility index (Phi) is 4.58. The van der Waals surface area contributed by atoms with Crippen LogP contribution in [0.5, 0.6) is 0 Å². The molecule has 3 nitrogen and oxygen atoms in total. The third kappa shape index (κ3) is 3.52. The summed E-state index contributed by atoms with van der Waals surface area (Å²) >= 11 is 0. The Morgan fingerprint density at radius 2 is 2.42 bits per heavy atom. The van der Waals surface area contributed by atoms with Crippen LogP contribution in [0.25, 0.3) is 0 Å². The lowest BCUT2D eigenvalue weighted by Gasteiger charge is -2.12. The van der Waals surface area contributed by atoms with Gasteiger partial charge >= 0.3 is 0 Å². The second-order valence-electron chi connectivity index (χ2n) is 3.40. The highest BCUT2D eigenvalue weighted by atomic mass is 16.5. The lowest BCUT2D eigenvalue weighted by atomic mass is 10.3. The fraction of sp³-hybridized carbons (Fsp3) is 1.00. The number of hydrogen-bond acceptors (Lipinski definition) is 3. The van der Waals surface area contributed by atoms with Crippen LogP contribution in [-0.2, 0) is 4.74 Å². The number of rotatable bonds is 5. The van der Waals surface area contributed by atoms with E-state index < -0.39 is 0 Å². The molecular formula is C9H20N2O. The van der Waals surface area contributed by atoms with E-state index in [0.29, 0.717) is 6.04 Å². The van der Waals surface area contributed by atoms with E-state index in [1.54, 1.807) is 0 Å². The molecule has 1 fully saturated rings. The van der Waals surface area contributed by atoms with E-state index in [4.69, 9.17) is 4.74 Å². The van der Waals surface area contributed by atoms with Gasteiger partial charge < -0.3 is 15.0 Å². The van der Waals surface area contributed by atoms with Crippen LogP contribution in [0.1, 0.15) is 13.3 Å². The van der Waals surface area contributed by atoms with E-state index in [1.807, 2.05) is 6.92 Å². The van der Waals surface area contributed by atoms with Gasteiger partial charge in [-0.05, 0) is 26.9 Å². The number of ether oxygens (including phenoxy) is 1. The van der Waals surface area contributed by atoms with Crippen molar-refractivity contribution in [3.05, 3.63) is 0 Å². The fourth-order valence-corrected chi connectivity index (χ4v) is 1.58. The molecule has 0 spiro atoms. The average Bonchev–Trinajstić information content (AvgIpc) is 2.45. The van der Waals surface area contributed by atoms with Crippen molar-refractivity contribution in [3.8, 4) is 0 Å². The standard InChI is InChI=1S/C9H20N2O/c1-3-12-7-5-10-9-4-6-11(2)8-9/h9-10H,3-8H2,1-2H3. The first-order chi connectivity index (χ1) is 5.83. The molecule has 0 amide bonds. The van der Waals surface area contributed by atoms with Crippen LogP contribution in [0.15, 0.2) is 0 Å². The lowest BCUT2D eigenvalue weighted by molar-refractivity contribution is 0.147. The Morgan fingerprint density at radius 3 is 3.00 bits per heavy atom. The molecule has 0 saturated carbocycles. The van der Waals surface area contributed by atoms with Crippen LogP contribution in [0.3, 0.4) is 0 Å². The fourth-order valence-electron chi connectivity index (χ4n) is 1.58. The summed E-state index contributed by atoms with van der Waals surface area (Å²) < 4.78 is 5.24. The number of nitrogens with zero attached hydrogens (tertiary/aromatic N) is 1. The van der Waals surface area contributed by atoms with Crippen molar-refractivity contribution in [2.45, 2.75) is 19.4 Å². The normalized spacial score (nSPS) is 25.0. The van der Waals surface area contributed by atoms with E-state index >= 15 is 0 Å². The highest BCUT2D eigenvalue weighted by Crippen LogP contribution is 2.05. The first-order valence-corrected chi connectivity index (χ1v) is 4.82. The minimum atomic E-state index is 0.690. The molecule has 72 valence electrons. The maximum absolute atomic E-state index is 5.24. The van der Waals surface area contributed by atoms with Crippen LogP contribution in [-0.4, -0.2) is 50.8 Å². The van der Waals surface area contributed by atoms with E-state index in [-0.39, 0.29) is 0 Å². The topological polar surface area (TPSA) is 24.5 Å². The van der Waals surface area contributed by atoms with Gasteiger partial charge in [-0.3, -0.25) is 0 Å². The van der Waals surface area contributed by atoms with Crippen LogP contribution >= 0.6 is 0 Å². The predicted octanol–water partition coefficient (Wildman–Crippen LogP) is 0.317. The van der Waals surface area contributed by atoms with Gasteiger partial charge in [0.15, 0.2) is 0 Å². The van der Waals surface area contributed by atoms with Gasteiger partial charge in [0.25, 0.3) is 0 Å². The minimum absolute atomic E-state index is 0.690. The smallest absolute Gasteiger partial charge is 0.0590 e. The highest BCUT2D eigenvalue weighted by Gasteiger charge is 2.17. The van der Waals surface area contributed by atoms with Crippen molar-refractivity contribution < 1.29 is 4.74 Å². The van der Waals surface area contributed by atoms with Crippen molar-refractivity contribution in [1.29, 1.82) is 0 Å². The van der Waals surface area contributed by atoms with Gasteiger partial charge in [0, 0.05) is 25.7 Å². The summed E-state index contributed by atoms with van der Waals surface area (Å²) in [4.78, 5) is 2.36. The summed E-state index contributed by atoms with van der Waals surface area (Å²) in [6.07, 6.45) is 1.28. The molecule has 12 heavy (non-hydrogen) atoms. The van der Waals surface area contributed by atoms with Crippen LogP contribution in [0, 0.1) is 0 Å². The van der Waals surface area contributed by atoms with Gasteiger partial charge in [-0.25, -0.2) is 0 Å². The molecule has 1 unspecified atom stereocenters. The summed E-state index contributed by atoms with van der Waals surface area (Å²) in [5.41, 5.74) is 0. The third-order valence-electron chi connectivity index (χ3n) is 2.27. The van der Waals surface area contributed by atoms with Crippen molar-refractivity contribution in [2.75, 3.05) is 39.9 Å². The van der Waals surface area contributed by atoms with E-state index in [1.165, 1.54) is 19.5 Å². The molecule has 0 aliphatic carbocycles. The predicted molar refractivity (Wildman–Crippen MR) is 50.4 cm³/mol. The summed E-state index contributed by atoms with van der Waals surface area (Å²) in [6, 6.07) is 0.690. The van der Waals surface area contributed by atoms with Gasteiger partial charge in [0.2, 0.25) is 0 Å². The molecule has 0 aromatic carbocycles. The van der Waals surface area contributed by atoms with Crippen molar-refractivity contribution in [2.24, 2.45) is 0 Å². The molecule has 1 N–H and O–H groups in total. The number of nitrogens with one attached hydrogen (secondary N) is 1. The summed E-state index contributed by atoms with van der Waals surface area (Å²) in [7, 11) is 2.17. The summed E-state index contributed by atoms with van der Waals surface area (Å²) in [6.45, 7) is 7.11. The monoisotopic (exact) mass is 172 g/mol. The first-order valence-electron chi connectivity index (χ1n) is 4.82. The number of hydrogen-bond donors (Lipinski definition) is 1. The molecular weight excluding hydrogens is 152 g/mol. The van der Waals surface area contributed by atoms with Crippen molar-refractivity contribution in [1.82, 2.24) is 10.2 Å². The Bertz CT molecular complexity index is 119. The summed E-state index contributed by atoms with van der Waals surface area (Å²) in [5, 5.41) is 3.48. The first kappa shape index (κ1) is 9.96. The second-order valence-corrected chi connectivity index (χ2v) is 3.40. The van der Waals surface area contributed by atoms with Gasteiger partial charge in [-0.1, -0.05) is 0 Å². The third-order valence-corrected chi connectivity index (χ3v) is 2.27. The molecule has 1 rings (SSSR count). The van der Waals surface area contributed by atoms with Gasteiger partial charge in [0.1, 0.15) is 0 Å². The molecule has 1 heterocycles. The molecule has 0 aromatic heterocycles. The number of likely N-dealkylation sites (N-methyl/N-ethyl adjacent to an activating group) is 1. The maximum Gasteiger partial charge on any atom is 0.0590 e. The van der Waals surface area contributed by atoms with Crippen LogP contribution in [0.4, 0.5) is 0 Å². The number of likely N-dealkylation sites (tertiary alicyclic amines) is 1. The second kappa shape index (κ2) is 5.51. The van der Waals surface area contributed by atoms with Crippen LogP contribution in [0.2, 0.25) is 0 Å². The SMILES string of the molecule is CCOCCNC1CCN(C)C1. The molecule has 1 atom stereocenters. The average molecular weight is 172 g/mol. The zero-order valence-electron chi connectivity index (χ0n) is 8.18. The van der Waals surface area contributed by atoms with E-state index in [9.17, 15) is 0 Å². The minimum Gasteiger partial charge on any atom is -0.380 e. The van der Waals surface area contributed by atoms with E-state index in [0.717, 1.165) is 19.8 Å². The maximum atomic E-state index is 5.24. The lowest BCUT2D eigenvalue weighted by Crippen LogP contribution is -2.33. The van der Waals surface area contributed by atoms with E-state index in [2.05, 4.69) is 17.3 Å². The largest absolute Gasteiger partial charge is 0.380 e. The Hall–Kier alpha value is -0.120. The van der Waals surface area contributed by atoms with Crippen molar-refractivity contribution in [3.63, 3.8) is 0 Å². The Morgan fingerprint density at radius 1 is 1.58 bits per heavy atom. The highest BCUT2D eigenvalue weighted by molar-refractivity contribution is 4.78. The summed E-state index contributed by atoms with van der Waals surface area (Å²) in [5.74, 6) is 0. The molecule has 0 aromatic rings. The Balaban J connectivity index is 1.93. The molecule has 1 aliphatic heterocycles. The molecule has 3 heteroatoms. The zero-order chi connectivity index (χ0) is 8.81. The van der Waals surface area contributed by atoms with Crippen LogP contribution < -0.4 is 5.32 Å². The quantitative estimate of drug-likeness (QED) is 0.604. The van der Waals surface area contributed by atoms with Gasteiger partial charge in [-0.2, -0.15) is 0 Å². The van der Waals surface area contributed by atoms with Gasteiger partial charge in [-0.15, -0.1) is 0 Å². The Labute approximate surface area is 75.1 Å². The van der Waals surface area contributed by atoms with Crippen molar-refractivity contribution >= 4 is 0 Å².